The number of anilines is 1. The standard InChI is InChI=1S/C25H28N4O3/c1-31-22-9-8-18(14-23(22)32-2)16-28-25(30)20-10-11-27-24(15-20)29-13-12-26-21(17-29)19-6-4-3-5-7-19/h3-11,14-15,21,26H,12-13,16-17H2,1-2H3,(H,28,30)/t21-/m1/s1. The molecule has 1 amide bonds. The zero-order valence-electron chi connectivity index (χ0n) is 18.4. The van der Waals surface area contributed by atoms with Crippen LogP contribution in [0.25, 0.3) is 0 Å². The van der Waals surface area contributed by atoms with Gasteiger partial charge in [0, 0.05) is 44.0 Å². The highest BCUT2D eigenvalue weighted by Crippen LogP contribution is 2.27. The molecule has 0 saturated carbocycles. The van der Waals surface area contributed by atoms with Crippen molar-refractivity contribution >= 4 is 11.7 Å². The van der Waals surface area contributed by atoms with Gasteiger partial charge >= 0.3 is 0 Å². The number of pyridine rings is 1. The predicted molar refractivity (Wildman–Crippen MR) is 124 cm³/mol. The Morgan fingerprint density at radius 3 is 2.69 bits per heavy atom. The molecule has 1 fully saturated rings. The van der Waals surface area contributed by atoms with Crippen LogP contribution in [0.15, 0.2) is 66.9 Å². The number of hydrogen-bond donors (Lipinski definition) is 2. The van der Waals surface area contributed by atoms with Gasteiger partial charge in [-0.1, -0.05) is 36.4 Å². The summed E-state index contributed by atoms with van der Waals surface area (Å²) in [5.41, 5.74) is 2.77. The molecule has 2 N–H and O–H groups in total. The van der Waals surface area contributed by atoms with Crippen molar-refractivity contribution in [3.63, 3.8) is 0 Å². The molecule has 1 aliphatic heterocycles. The van der Waals surface area contributed by atoms with Crippen LogP contribution in [0, 0.1) is 0 Å². The number of benzene rings is 2. The van der Waals surface area contributed by atoms with Crippen molar-refractivity contribution in [2.75, 3.05) is 38.8 Å². The summed E-state index contributed by atoms with van der Waals surface area (Å²) in [5.74, 6) is 1.97. The Balaban J connectivity index is 1.41. The van der Waals surface area contributed by atoms with Gasteiger partial charge < -0.3 is 25.0 Å². The van der Waals surface area contributed by atoms with E-state index in [1.165, 1.54) is 5.56 Å². The number of rotatable bonds is 7. The van der Waals surface area contributed by atoms with Crippen LogP contribution in [-0.2, 0) is 6.54 Å². The lowest BCUT2D eigenvalue weighted by Crippen LogP contribution is -2.46. The van der Waals surface area contributed by atoms with Gasteiger partial charge in [0.25, 0.3) is 5.91 Å². The van der Waals surface area contributed by atoms with E-state index in [0.29, 0.717) is 23.6 Å². The van der Waals surface area contributed by atoms with Crippen molar-refractivity contribution in [3.05, 3.63) is 83.6 Å². The zero-order valence-corrected chi connectivity index (χ0v) is 18.4. The quantitative estimate of drug-likeness (QED) is 0.597. The summed E-state index contributed by atoms with van der Waals surface area (Å²) in [6.45, 7) is 2.89. The molecule has 166 valence electrons. The van der Waals surface area contributed by atoms with Crippen molar-refractivity contribution in [2.45, 2.75) is 12.6 Å². The van der Waals surface area contributed by atoms with Gasteiger partial charge in [-0.3, -0.25) is 4.79 Å². The minimum absolute atomic E-state index is 0.141. The van der Waals surface area contributed by atoms with Crippen LogP contribution in [0.2, 0.25) is 0 Å². The molecule has 2 aromatic carbocycles. The number of ether oxygens (including phenoxy) is 2. The molecule has 1 saturated heterocycles. The summed E-state index contributed by atoms with van der Waals surface area (Å²) in [5, 5.41) is 6.54. The highest BCUT2D eigenvalue weighted by atomic mass is 16.5. The molecule has 1 atom stereocenters. The fraction of sp³-hybridized carbons (Fsp3) is 0.280. The zero-order chi connectivity index (χ0) is 22.3. The van der Waals surface area contributed by atoms with Crippen LogP contribution in [0.1, 0.15) is 27.5 Å². The lowest BCUT2D eigenvalue weighted by molar-refractivity contribution is 0.0950. The molecule has 3 aromatic rings. The van der Waals surface area contributed by atoms with Crippen LogP contribution >= 0.6 is 0 Å². The van der Waals surface area contributed by atoms with Crippen molar-refractivity contribution in [1.29, 1.82) is 0 Å². The van der Waals surface area contributed by atoms with Crippen molar-refractivity contribution in [2.24, 2.45) is 0 Å². The average Bonchev–Trinajstić information content (AvgIpc) is 2.87. The molecule has 7 heteroatoms. The number of carbonyl (C=O) groups excluding carboxylic acids is 1. The van der Waals surface area contributed by atoms with Crippen LogP contribution in [0.3, 0.4) is 0 Å². The average molecular weight is 433 g/mol. The maximum atomic E-state index is 12.8. The van der Waals surface area contributed by atoms with E-state index in [1.54, 1.807) is 26.5 Å². The van der Waals surface area contributed by atoms with E-state index >= 15 is 0 Å². The fourth-order valence-electron chi connectivity index (χ4n) is 3.87. The molecule has 0 unspecified atom stereocenters. The second-order valence-electron chi connectivity index (χ2n) is 7.64. The maximum absolute atomic E-state index is 12.8. The van der Waals surface area contributed by atoms with Crippen LogP contribution in [-0.4, -0.2) is 44.7 Å². The summed E-state index contributed by atoms with van der Waals surface area (Å²) < 4.78 is 10.6. The molecule has 2 heterocycles. The Morgan fingerprint density at radius 1 is 1.09 bits per heavy atom. The molecular weight excluding hydrogens is 404 g/mol. The number of methoxy groups -OCH3 is 2. The number of nitrogens with one attached hydrogen (secondary N) is 2. The Morgan fingerprint density at radius 2 is 1.91 bits per heavy atom. The molecule has 4 rings (SSSR count). The maximum Gasteiger partial charge on any atom is 0.251 e. The molecule has 0 bridgehead atoms. The predicted octanol–water partition coefficient (Wildman–Crippen LogP) is 3.18. The number of hydrogen-bond acceptors (Lipinski definition) is 6. The third-order valence-electron chi connectivity index (χ3n) is 5.61. The minimum atomic E-state index is -0.141. The minimum Gasteiger partial charge on any atom is -0.493 e. The monoisotopic (exact) mass is 432 g/mol. The molecule has 1 aromatic heterocycles. The second kappa shape index (κ2) is 10.2. The highest BCUT2D eigenvalue weighted by Gasteiger charge is 2.22. The number of amides is 1. The number of nitrogens with zero attached hydrogens (tertiary/aromatic N) is 2. The lowest BCUT2D eigenvalue weighted by Gasteiger charge is -2.34. The number of aromatic nitrogens is 1. The fourth-order valence-corrected chi connectivity index (χ4v) is 3.87. The molecule has 1 aliphatic rings. The molecule has 7 nitrogen and oxygen atoms in total. The van der Waals surface area contributed by atoms with Gasteiger partial charge in [0.15, 0.2) is 11.5 Å². The molecule has 32 heavy (non-hydrogen) atoms. The summed E-state index contributed by atoms with van der Waals surface area (Å²) >= 11 is 0. The lowest BCUT2D eigenvalue weighted by atomic mass is 10.0. The van der Waals surface area contributed by atoms with E-state index in [4.69, 9.17) is 9.47 Å². The first-order valence-corrected chi connectivity index (χ1v) is 10.7. The summed E-state index contributed by atoms with van der Waals surface area (Å²) in [4.78, 5) is 19.5. The smallest absolute Gasteiger partial charge is 0.251 e. The number of carbonyl (C=O) groups is 1. The van der Waals surface area contributed by atoms with Gasteiger partial charge in [-0.2, -0.15) is 0 Å². The first-order chi connectivity index (χ1) is 15.7. The second-order valence-corrected chi connectivity index (χ2v) is 7.64. The third kappa shape index (κ3) is 5.00. The van der Waals surface area contributed by atoms with E-state index in [-0.39, 0.29) is 11.9 Å². The molecule has 0 spiro atoms. The van der Waals surface area contributed by atoms with E-state index < -0.39 is 0 Å². The van der Waals surface area contributed by atoms with Gasteiger partial charge in [-0.05, 0) is 35.4 Å². The van der Waals surface area contributed by atoms with Crippen LogP contribution < -0.4 is 25.0 Å². The van der Waals surface area contributed by atoms with Gasteiger partial charge in [-0.15, -0.1) is 0 Å². The largest absolute Gasteiger partial charge is 0.493 e. The normalized spacial score (nSPS) is 15.8. The van der Waals surface area contributed by atoms with E-state index in [9.17, 15) is 4.79 Å². The molecular formula is C25H28N4O3. The van der Waals surface area contributed by atoms with Gasteiger partial charge in [0.1, 0.15) is 5.82 Å². The topological polar surface area (TPSA) is 75.7 Å². The van der Waals surface area contributed by atoms with E-state index in [1.807, 2.05) is 30.3 Å². The van der Waals surface area contributed by atoms with Crippen molar-refractivity contribution in [3.8, 4) is 11.5 Å². The van der Waals surface area contributed by atoms with Crippen molar-refractivity contribution in [1.82, 2.24) is 15.6 Å². The first-order valence-electron chi connectivity index (χ1n) is 10.7. The first kappa shape index (κ1) is 21.6. The van der Waals surface area contributed by atoms with E-state index in [2.05, 4.69) is 44.8 Å². The van der Waals surface area contributed by atoms with Crippen LogP contribution in [0.4, 0.5) is 5.82 Å². The number of piperazine rings is 1. The Bertz CT molecular complexity index is 1060. The summed E-state index contributed by atoms with van der Waals surface area (Å²) in [6, 6.07) is 19.8. The Labute approximate surface area is 188 Å². The van der Waals surface area contributed by atoms with Crippen LogP contribution in [0.5, 0.6) is 11.5 Å². The molecule has 0 radical (unpaired) electrons. The van der Waals surface area contributed by atoms with Crippen molar-refractivity contribution < 1.29 is 14.3 Å². The Kier molecular flexibility index (Phi) is 6.87. The third-order valence-corrected chi connectivity index (χ3v) is 5.61. The SMILES string of the molecule is COc1ccc(CNC(=O)c2ccnc(N3CCN[C@@H](c4ccccc4)C3)c2)cc1OC. The molecule has 0 aliphatic carbocycles. The Hall–Kier alpha value is -3.58. The summed E-state index contributed by atoms with van der Waals surface area (Å²) in [6.07, 6.45) is 1.69. The van der Waals surface area contributed by atoms with E-state index in [0.717, 1.165) is 31.0 Å². The van der Waals surface area contributed by atoms with Gasteiger partial charge in [0.2, 0.25) is 0 Å². The van der Waals surface area contributed by atoms with Gasteiger partial charge in [0.05, 0.1) is 14.2 Å². The van der Waals surface area contributed by atoms with Gasteiger partial charge in [-0.25, -0.2) is 4.98 Å². The summed E-state index contributed by atoms with van der Waals surface area (Å²) in [7, 11) is 3.19. The highest BCUT2D eigenvalue weighted by molar-refractivity contribution is 5.94.